The molecule has 1 aliphatic heterocycles. The molecule has 0 aromatic heterocycles. The molecule has 0 saturated carbocycles. The summed E-state index contributed by atoms with van der Waals surface area (Å²) in [5.74, 6) is 1.71. The van der Waals surface area contributed by atoms with Crippen LogP contribution in [-0.4, -0.2) is 20.8 Å². The van der Waals surface area contributed by atoms with E-state index in [0.29, 0.717) is 5.92 Å². The molecule has 2 aromatic rings. The summed E-state index contributed by atoms with van der Waals surface area (Å²) >= 11 is 0. The highest BCUT2D eigenvalue weighted by molar-refractivity contribution is 5.44. The Hall–Kier alpha value is -2.07. The van der Waals surface area contributed by atoms with E-state index in [2.05, 4.69) is 11.4 Å². The zero-order valence-electron chi connectivity index (χ0n) is 12.8. The van der Waals surface area contributed by atoms with Crippen molar-refractivity contribution >= 4 is 0 Å². The van der Waals surface area contributed by atoms with E-state index in [9.17, 15) is 4.39 Å². The smallest absolute Gasteiger partial charge is 0.160 e. The minimum absolute atomic E-state index is 0.196. The summed E-state index contributed by atoms with van der Waals surface area (Å²) in [6.07, 6.45) is 0.987. The molecule has 0 bridgehead atoms. The Bertz CT molecular complexity index is 642. The first-order valence-electron chi connectivity index (χ1n) is 7.42. The fraction of sp³-hybridized carbons (Fsp3) is 0.333. The third-order valence-electron chi connectivity index (χ3n) is 4.28. The van der Waals surface area contributed by atoms with Crippen LogP contribution < -0.4 is 14.8 Å². The van der Waals surface area contributed by atoms with Crippen molar-refractivity contribution < 1.29 is 13.9 Å². The summed E-state index contributed by atoms with van der Waals surface area (Å²) in [7, 11) is 3.29. The van der Waals surface area contributed by atoms with Gasteiger partial charge in [0.15, 0.2) is 11.5 Å². The lowest BCUT2D eigenvalue weighted by atomic mass is 9.93. The molecule has 1 N–H and O–H groups in total. The number of benzene rings is 2. The lowest BCUT2D eigenvalue weighted by Gasteiger charge is -2.14. The first-order valence-corrected chi connectivity index (χ1v) is 7.42. The van der Waals surface area contributed by atoms with Crippen LogP contribution in [0.2, 0.25) is 0 Å². The summed E-state index contributed by atoms with van der Waals surface area (Å²) in [5.41, 5.74) is 2.36. The maximum atomic E-state index is 13.0. The Kier molecular flexibility index (Phi) is 4.29. The van der Waals surface area contributed by atoms with Crippen molar-refractivity contribution in [2.45, 2.75) is 18.4 Å². The Morgan fingerprint density at radius 2 is 1.64 bits per heavy atom. The minimum atomic E-state index is -0.196. The van der Waals surface area contributed by atoms with Gasteiger partial charge in [-0.2, -0.15) is 0 Å². The number of halogens is 1. The van der Waals surface area contributed by atoms with Crippen molar-refractivity contribution in [2.75, 3.05) is 20.8 Å². The molecule has 0 radical (unpaired) electrons. The highest BCUT2D eigenvalue weighted by Crippen LogP contribution is 2.37. The summed E-state index contributed by atoms with van der Waals surface area (Å²) in [4.78, 5) is 0. The van der Waals surface area contributed by atoms with Gasteiger partial charge in [0.05, 0.1) is 14.2 Å². The lowest BCUT2D eigenvalue weighted by Crippen LogP contribution is -2.13. The van der Waals surface area contributed by atoms with Crippen molar-refractivity contribution in [1.29, 1.82) is 0 Å². The molecule has 0 spiro atoms. The average molecular weight is 301 g/mol. The van der Waals surface area contributed by atoms with Crippen LogP contribution in [0.5, 0.6) is 11.5 Å². The fourth-order valence-corrected chi connectivity index (χ4v) is 3.05. The normalized spacial score (nSPS) is 20.9. The summed E-state index contributed by atoms with van der Waals surface area (Å²) in [6.45, 7) is 0.900. The van der Waals surface area contributed by atoms with E-state index in [1.54, 1.807) is 14.2 Å². The van der Waals surface area contributed by atoms with E-state index in [-0.39, 0.29) is 11.9 Å². The standard InChI is InChI=1S/C18H20FNO2/c1-21-17-8-5-13(10-18(17)22-2)14-9-16(20-11-14)12-3-6-15(19)7-4-12/h3-8,10,14,16,20H,9,11H2,1-2H3. The Morgan fingerprint density at radius 3 is 2.32 bits per heavy atom. The second-order valence-electron chi connectivity index (χ2n) is 5.56. The SMILES string of the molecule is COc1ccc(C2CNC(c3ccc(F)cc3)C2)cc1OC. The molecule has 1 heterocycles. The molecule has 1 aliphatic rings. The molecule has 1 fully saturated rings. The molecule has 3 rings (SSSR count). The molecule has 2 aromatic carbocycles. The van der Waals surface area contributed by atoms with Gasteiger partial charge in [0.25, 0.3) is 0 Å². The average Bonchev–Trinajstić information content (AvgIpc) is 3.05. The van der Waals surface area contributed by atoms with Crippen LogP contribution in [0, 0.1) is 5.82 Å². The van der Waals surface area contributed by atoms with Gasteiger partial charge in [-0.15, -0.1) is 0 Å². The van der Waals surface area contributed by atoms with Crippen molar-refractivity contribution in [2.24, 2.45) is 0 Å². The zero-order chi connectivity index (χ0) is 15.5. The maximum absolute atomic E-state index is 13.0. The Morgan fingerprint density at radius 1 is 0.955 bits per heavy atom. The van der Waals surface area contributed by atoms with Crippen molar-refractivity contribution in [3.63, 3.8) is 0 Å². The second-order valence-corrected chi connectivity index (χ2v) is 5.56. The molecular formula is C18H20FNO2. The number of methoxy groups -OCH3 is 2. The van der Waals surface area contributed by atoms with E-state index in [1.807, 2.05) is 24.3 Å². The number of ether oxygens (including phenoxy) is 2. The Balaban J connectivity index is 1.76. The molecule has 2 atom stereocenters. The van der Waals surface area contributed by atoms with Crippen LogP contribution in [0.4, 0.5) is 4.39 Å². The zero-order valence-corrected chi connectivity index (χ0v) is 12.8. The monoisotopic (exact) mass is 301 g/mol. The third kappa shape index (κ3) is 2.92. The van der Waals surface area contributed by atoms with Crippen molar-refractivity contribution in [3.8, 4) is 11.5 Å². The molecule has 22 heavy (non-hydrogen) atoms. The van der Waals surface area contributed by atoms with Crippen LogP contribution in [0.1, 0.15) is 29.5 Å². The molecule has 2 unspecified atom stereocenters. The predicted octanol–water partition coefficient (Wildman–Crippen LogP) is 3.66. The minimum Gasteiger partial charge on any atom is -0.493 e. The maximum Gasteiger partial charge on any atom is 0.160 e. The lowest BCUT2D eigenvalue weighted by molar-refractivity contribution is 0.354. The van der Waals surface area contributed by atoms with Gasteiger partial charge in [0, 0.05) is 12.6 Å². The van der Waals surface area contributed by atoms with Crippen LogP contribution in [0.25, 0.3) is 0 Å². The van der Waals surface area contributed by atoms with E-state index >= 15 is 0 Å². The first kappa shape index (κ1) is 14.9. The van der Waals surface area contributed by atoms with Gasteiger partial charge in [-0.05, 0) is 47.7 Å². The topological polar surface area (TPSA) is 30.5 Å². The number of nitrogens with one attached hydrogen (secondary N) is 1. The first-order chi connectivity index (χ1) is 10.7. The Labute approximate surface area is 130 Å². The summed E-state index contributed by atoms with van der Waals surface area (Å²) in [5, 5.41) is 3.51. The van der Waals surface area contributed by atoms with Crippen LogP contribution >= 0.6 is 0 Å². The van der Waals surface area contributed by atoms with E-state index in [1.165, 1.54) is 17.7 Å². The van der Waals surface area contributed by atoms with Gasteiger partial charge >= 0.3 is 0 Å². The van der Waals surface area contributed by atoms with Gasteiger partial charge in [0.1, 0.15) is 5.82 Å². The molecule has 4 heteroatoms. The highest BCUT2D eigenvalue weighted by Gasteiger charge is 2.27. The van der Waals surface area contributed by atoms with Gasteiger partial charge in [-0.1, -0.05) is 18.2 Å². The number of hydrogen-bond acceptors (Lipinski definition) is 3. The number of rotatable bonds is 4. The molecule has 3 nitrogen and oxygen atoms in total. The molecule has 1 saturated heterocycles. The quantitative estimate of drug-likeness (QED) is 0.935. The fourth-order valence-electron chi connectivity index (χ4n) is 3.05. The van der Waals surface area contributed by atoms with Crippen LogP contribution in [0.15, 0.2) is 42.5 Å². The number of hydrogen-bond donors (Lipinski definition) is 1. The van der Waals surface area contributed by atoms with E-state index < -0.39 is 0 Å². The van der Waals surface area contributed by atoms with Crippen molar-refractivity contribution in [1.82, 2.24) is 5.32 Å². The third-order valence-corrected chi connectivity index (χ3v) is 4.28. The van der Waals surface area contributed by atoms with E-state index in [4.69, 9.17) is 9.47 Å². The van der Waals surface area contributed by atoms with Gasteiger partial charge in [0.2, 0.25) is 0 Å². The summed E-state index contributed by atoms with van der Waals surface area (Å²) in [6, 6.07) is 13.1. The van der Waals surface area contributed by atoms with Gasteiger partial charge in [-0.25, -0.2) is 4.39 Å². The molecule has 0 amide bonds. The van der Waals surface area contributed by atoms with Crippen molar-refractivity contribution in [3.05, 3.63) is 59.4 Å². The highest BCUT2D eigenvalue weighted by atomic mass is 19.1. The molecule has 116 valence electrons. The van der Waals surface area contributed by atoms with E-state index in [0.717, 1.165) is 30.0 Å². The largest absolute Gasteiger partial charge is 0.493 e. The molecular weight excluding hydrogens is 281 g/mol. The van der Waals surface area contributed by atoms with Crippen LogP contribution in [0.3, 0.4) is 0 Å². The summed E-state index contributed by atoms with van der Waals surface area (Å²) < 4.78 is 23.7. The second kappa shape index (κ2) is 6.36. The van der Waals surface area contributed by atoms with Gasteiger partial charge < -0.3 is 14.8 Å². The van der Waals surface area contributed by atoms with Crippen LogP contribution in [-0.2, 0) is 0 Å². The van der Waals surface area contributed by atoms with Gasteiger partial charge in [-0.3, -0.25) is 0 Å². The molecule has 0 aliphatic carbocycles. The predicted molar refractivity (Wildman–Crippen MR) is 84.0 cm³/mol.